The van der Waals surface area contributed by atoms with Gasteiger partial charge in [0.1, 0.15) is 5.60 Å². The number of aliphatic hydroxyl groups is 2. The van der Waals surface area contributed by atoms with Crippen molar-refractivity contribution < 1.29 is 19.7 Å². The molecule has 0 amide bonds. The number of hydrogen-bond acceptors (Lipinski definition) is 4. The summed E-state index contributed by atoms with van der Waals surface area (Å²) in [5, 5.41) is 22.3. The van der Waals surface area contributed by atoms with Crippen LogP contribution in [-0.2, 0) is 9.53 Å². The fraction of sp³-hybridized carbons (Fsp3) is 0.967. The lowest BCUT2D eigenvalue weighted by Gasteiger charge is -2.64. The molecule has 11 atom stereocenters. The summed E-state index contributed by atoms with van der Waals surface area (Å²) >= 11 is 0. The largest absolute Gasteiger partial charge is 0.460 e. The third kappa shape index (κ3) is 4.49. The molecule has 4 heteroatoms. The molecule has 0 aliphatic heterocycles. The number of ether oxygens (including phenoxy) is 1. The highest BCUT2D eigenvalue weighted by molar-refractivity contribution is 5.69. The Bertz CT molecular complexity index is 743. The van der Waals surface area contributed by atoms with E-state index in [2.05, 4.69) is 27.7 Å². The summed E-state index contributed by atoms with van der Waals surface area (Å²) in [6.45, 7) is 15.4. The number of hydrogen-bond donors (Lipinski definition) is 2. The number of rotatable bonds is 5. The third-order valence-electron chi connectivity index (χ3n) is 11.4. The van der Waals surface area contributed by atoms with E-state index in [9.17, 15) is 15.0 Å². The second kappa shape index (κ2) is 9.36. The number of carbonyl (C=O) groups excluding carboxylic acids is 1. The van der Waals surface area contributed by atoms with Gasteiger partial charge in [-0.2, -0.15) is 0 Å². The van der Waals surface area contributed by atoms with E-state index in [1.807, 2.05) is 20.8 Å². The van der Waals surface area contributed by atoms with E-state index >= 15 is 0 Å². The van der Waals surface area contributed by atoms with Crippen molar-refractivity contribution in [1.29, 1.82) is 0 Å². The molecule has 4 aliphatic carbocycles. The van der Waals surface area contributed by atoms with Crippen LogP contribution in [0.4, 0.5) is 0 Å². The first-order valence-corrected chi connectivity index (χ1v) is 14.4. The van der Waals surface area contributed by atoms with Crippen LogP contribution in [0.1, 0.15) is 113 Å². The van der Waals surface area contributed by atoms with Gasteiger partial charge < -0.3 is 14.9 Å². The Morgan fingerprint density at radius 2 is 1.65 bits per heavy atom. The third-order valence-corrected chi connectivity index (χ3v) is 11.4. The average Bonchev–Trinajstić information content (AvgIpc) is 3.09. The molecule has 0 saturated heterocycles. The van der Waals surface area contributed by atoms with Crippen molar-refractivity contribution in [2.75, 3.05) is 0 Å². The first kappa shape index (κ1) is 26.5. The Labute approximate surface area is 208 Å². The van der Waals surface area contributed by atoms with Gasteiger partial charge in [-0.1, -0.05) is 34.1 Å². The van der Waals surface area contributed by atoms with Gasteiger partial charge in [0.15, 0.2) is 0 Å². The molecule has 4 nitrogen and oxygen atoms in total. The van der Waals surface area contributed by atoms with E-state index in [4.69, 9.17) is 4.74 Å². The van der Waals surface area contributed by atoms with E-state index in [0.717, 1.165) is 32.1 Å². The second-order valence-corrected chi connectivity index (χ2v) is 14.2. The second-order valence-electron chi connectivity index (χ2n) is 14.2. The molecule has 0 spiro atoms. The fourth-order valence-electron chi connectivity index (χ4n) is 9.87. The van der Waals surface area contributed by atoms with Crippen molar-refractivity contribution in [1.82, 2.24) is 0 Å². The minimum absolute atomic E-state index is 0.0744. The van der Waals surface area contributed by atoms with Crippen LogP contribution in [0, 0.1) is 52.3 Å². The Morgan fingerprint density at radius 3 is 2.29 bits per heavy atom. The predicted octanol–water partition coefficient (Wildman–Crippen LogP) is 6.37. The summed E-state index contributed by atoms with van der Waals surface area (Å²) in [5.41, 5.74) is 0.0932. The molecule has 4 saturated carbocycles. The van der Waals surface area contributed by atoms with Crippen molar-refractivity contribution in [3.8, 4) is 0 Å². The van der Waals surface area contributed by atoms with E-state index in [1.54, 1.807) is 0 Å². The maximum Gasteiger partial charge on any atom is 0.306 e. The lowest BCUT2D eigenvalue weighted by Crippen LogP contribution is -2.62. The highest BCUT2D eigenvalue weighted by Crippen LogP contribution is 2.69. The maximum atomic E-state index is 12.4. The van der Waals surface area contributed by atoms with Gasteiger partial charge in [0.2, 0.25) is 0 Å². The average molecular weight is 477 g/mol. The van der Waals surface area contributed by atoms with E-state index in [0.29, 0.717) is 47.8 Å². The quantitative estimate of drug-likeness (QED) is 0.452. The molecule has 0 bridgehead atoms. The van der Waals surface area contributed by atoms with Crippen molar-refractivity contribution in [2.45, 2.75) is 130 Å². The molecule has 196 valence electrons. The lowest BCUT2D eigenvalue weighted by molar-refractivity contribution is -0.203. The summed E-state index contributed by atoms with van der Waals surface area (Å²) in [4.78, 5) is 12.4. The molecule has 0 radical (unpaired) electrons. The standard InChI is InChI=1S/C30H52O4/c1-8-20-24-17-19(31)13-15-30(24,7)23-14-16-29(6)21(10-11-22(29)26(23)27(20)33)18(2)9-12-25(32)34-28(3,4)5/h18-24,26-27,31,33H,8-17H2,1-7H3/t18-,19-,20+,21-,22+,23+,24+,26+,27-,29-,30-/m1/s1. The zero-order valence-electron chi connectivity index (χ0n) is 23.0. The van der Waals surface area contributed by atoms with Gasteiger partial charge in [-0.05, 0) is 124 Å². The smallest absolute Gasteiger partial charge is 0.306 e. The molecule has 0 aromatic carbocycles. The number of esters is 1. The Morgan fingerprint density at radius 1 is 1.00 bits per heavy atom. The van der Waals surface area contributed by atoms with Gasteiger partial charge in [-0.15, -0.1) is 0 Å². The van der Waals surface area contributed by atoms with Crippen molar-refractivity contribution in [2.24, 2.45) is 52.3 Å². The van der Waals surface area contributed by atoms with Gasteiger partial charge in [0.25, 0.3) is 0 Å². The van der Waals surface area contributed by atoms with Crippen LogP contribution in [0.3, 0.4) is 0 Å². The number of aliphatic hydroxyl groups excluding tert-OH is 2. The molecule has 0 heterocycles. The van der Waals surface area contributed by atoms with Crippen LogP contribution in [0.25, 0.3) is 0 Å². The van der Waals surface area contributed by atoms with Crippen molar-refractivity contribution in [3.05, 3.63) is 0 Å². The molecule has 0 aromatic rings. The maximum absolute atomic E-state index is 12.4. The highest BCUT2D eigenvalue weighted by Gasteiger charge is 2.64. The number of carbonyl (C=O) groups is 1. The first-order valence-electron chi connectivity index (χ1n) is 14.4. The Kier molecular flexibility index (Phi) is 7.28. The molecule has 2 N–H and O–H groups in total. The zero-order chi connectivity index (χ0) is 25.1. The molecular weight excluding hydrogens is 424 g/mol. The van der Waals surface area contributed by atoms with Crippen LogP contribution in [0.5, 0.6) is 0 Å². The molecule has 4 aliphatic rings. The summed E-state index contributed by atoms with van der Waals surface area (Å²) in [6, 6.07) is 0. The summed E-state index contributed by atoms with van der Waals surface area (Å²) < 4.78 is 5.57. The Balaban J connectivity index is 1.51. The Hall–Kier alpha value is -0.610. The van der Waals surface area contributed by atoms with Crippen LogP contribution >= 0.6 is 0 Å². The predicted molar refractivity (Wildman–Crippen MR) is 136 cm³/mol. The summed E-state index contributed by atoms with van der Waals surface area (Å²) in [6.07, 6.45) is 9.80. The van der Waals surface area contributed by atoms with Gasteiger partial charge in [0, 0.05) is 6.42 Å². The topological polar surface area (TPSA) is 66.8 Å². The molecule has 0 aromatic heterocycles. The van der Waals surface area contributed by atoms with Crippen molar-refractivity contribution in [3.63, 3.8) is 0 Å². The van der Waals surface area contributed by atoms with Crippen LogP contribution in [0.2, 0.25) is 0 Å². The van der Waals surface area contributed by atoms with E-state index in [-0.39, 0.29) is 29.0 Å². The van der Waals surface area contributed by atoms with Crippen LogP contribution in [-0.4, -0.2) is 34.0 Å². The lowest BCUT2D eigenvalue weighted by atomic mass is 9.41. The number of fused-ring (bicyclic) bond motifs is 5. The van der Waals surface area contributed by atoms with E-state index in [1.165, 1.54) is 25.7 Å². The normalized spacial score (nSPS) is 47.3. The minimum Gasteiger partial charge on any atom is -0.460 e. The summed E-state index contributed by atoms with van der Waals surface area (Å²) in [7, 11) is 0. The molecule has 0 unspecified atom stereocenters. The molecule has 4 rings (SSSR count). The fourth-order valence-corrected chi connectivity index (χ4v) is 9.87. The van der Waals surface area contributed by atoms with Crippen LogP contribution in [0.15, 0.2) is 0 Å². The first-order chi connectivity index (χ1) is 15.8. The van der Waals surface area contributed by atoms with Gasteiger partial charge in [-0.3, -0.25) is 4.79 Å². The molecule has 34 heavy (non-hydrogen) atoms. The monoisotopic (exact) mass is 476 g/mol. The zero-order valence-corrected chi connectivity index (χ0v) is 23.0. The van der Waals surface area contributed by atoms with Crippen molar-refractivity contribution >= 4 is 5.97 Å². The highest BCUT2D eigenvalue weighted by atomic mass is 16.6. The van der Waals surface area contributed by atoms with Gasteiger partial charge >= 0.3 is 5.97 Å². The summed E-state index contributed by atoms with van der Waals surface area (Å²) in [5.74, 6) is 3.35. The molecular formula is C30H52O4. The van der Waals surface area contributed by atoms with E-state index < -0.39 is 5.60 Å². The molecule has 4 fully saturated rings. The van der Waals surface area contributed by atoms with Gasteiger partial charge in [-0.25, -0.2) is 0 Å². The SMILES string of the molecule is CC[C@@H]1[C@@H](O)[C@@H]2[C@H](CC[C@]3(C)[C@@H]([C@H](C)CCC(=O)OC(C)(C)C)CC[C@@H]23)[C@@]2(C)CC[C@@H](O)C[C@@H]12. The van der Waals surface area contributed by atoms with Crippen LogP contribution < -0.4 is 0 Å². The van der Waals surface area contributed by atoms with Gasteiger partial charge in [0.05, 0.1) is 12.2 Å². The minimum atomic E-state index is -0.417.